The molecular formula is C23H31NO2. The van der Waals surface area contributed by atoms with Crippen LogP contribution in [0.3, 0.4) is 0 Å². The minimum Gasteiger partial charge on any atom is -0.458 e. The van der Waals surface area contributed by atoms with Gasteiger partial charge in [-0.3, -0.25) is 4.79 Å². The quantitative estimate of drug-likeness (QED) is 0.639. The van der Waals surface area contributed by atoms with Crippen molar-refractivity contribution in [2.75, 3.05) is 0 Å². The number of hydrogen-bond donors (Lipinski definition) is 1. The first-order valence-electron chi connectivity index (χ1n) is 10.9. The lowest BCUT2D eigenvalue weighted by Crippen LogP contribution is -2.56. The Morgan fingerprint density at radius 1 is 1.19 bits per heavy atom. The van der Waals surface area contributed by atoms with E-state index in [9.17, 15) is 4.79 Å². The maximum absolute atomic E-state index is 12.1. The number of rotatable bonds is 0. The fraction of sp³-hybridized carbons (Fsp3) is 0.826. The van der Waals surface area contributed by atoms with Gasteiger partial charge >= 0.3 is 5.97 Å². The molecule has 6 rings (SSSR count). The van der Waals surface area contributed by atoms with E-state index in [1.54, 1.807) is 5.57 Å². The third kappa shape index (κ3) is 1.72. The van der Waals surface area contributed by atoms with Gasteiger partial charge in [-0.25, -0.2) is 0 Å². The summed E-state index contributed by atoms with van der Waals surface area (Å²) >= 11 is 0. The number of esters is 1. The van der Waals surface area contributed by atoms with Crippen LogP contribution in [0.2, 0.25) is 0 Å². The summed E-state index contributed by atoms with van der Waals surface area (Å²) < 4.78 is 6.19. The molecule has 1 aliphatic heterocycles. The largest absolute Gasteiger partial charge is 0.458 e. The molecule has 0 aromatic carbocycles. The van der Waals surface area contributed by atoms with E-state index < -0.39 is 0 Å². The van der Waals surface area contributed by atoms with E-state index in [1.165, 1.54) is 32.1 Å². The second-order valence-corrected chi connectivity index (χ2v) is 10.7. The highest BCUT2D eigenvalue weighted by Gasteiger charge is 2.78. The van der Waals surface area contributed by atoms with Crippen molar-refractivity contribution in [3.8, 4) is 0 Å². The predicted molar refractivity (Wildman–Crippen MR) is 99.8 cm³/mol. The van der Waals surface area contributed by atoms with E-state index in [0.717, 1.165) is 48.1 Å². The Labute approximate surface area is 156 Å². The Bertz CT molecular complexity index is 740. The second kappa shape index (κ2) is 4.83. The van der Waals surface area contributed by atoms with Crippen molar-refractivity contribution in [2.24, 2.45) is 46.8 Å². The van der Waals surface area contributed by atoms with Crippen molar-refractivity contribution in [3.05, 3.63) is 11.6 Å². The van der Waals surface area contributed by atoms with Gasteiger partial charge in [-0.05, 0) is 86.5 Å². The molecule has 1 heterocycles. The van der Waals surface area contributed by atoms with E-state index in [1.807, 2.05) is 0 Å². The lowest BCUT2D eigenvalue weighted by Gasteiger charge is -2.59. The Morgan fingerprint density at radius 3 is 2.81 bits per heavy atom. The van der Waals surface area contributed by atoms with Crippen molar-refractivity contribution in [1.82, 2.24) is 0 Å². The molecule has 1 spiro atoms. The highest BCUT2D eigenvalue weighted by Crippen LogP contribution is 2.78. The minimum atomic E-state index is -0.116. The summed E-state index contributed by atoms with van der Waals surface area (Å²) in [5.74, 6) is 5.35. The maximum atomic E-state index is 12.1. The van der Waals surface area contributed by atoms with Crippen molar-refractivity contribution in [1.29, 1.82) is 5.41 Å². The van der Waals surface area contributed by atoms with Gasteiger partial charge in [0, 0.05) is 23.5 Å². The summed E-state index contributed by atoms with van der Waals surface area (Å²) in [7, 11) is 0. The van der Waals surface area contributed by atoms with E-state index >= 15 is 0 Å². The Hall–Kier alpha value is -1.12. The molecular weight excluding hydrogens is 322 g/mol. The molecule has 0 aromatic heterocycles. The smallest absolute Gasteiger partial charge is 0.306 e. The third-order valence-electron chi connectivity index (χ3n) is 9.80. The maximum Gasteiger partial charge on any atom is 0.306 e. The summed E-state index contributed by atoms with van der Waals surface area (Å²) in [5, 5.41) is 8.10. The molecule has 1 saturated heterocycles. The average Bonchev–Trinajstić information content (AvgIpc) is 3.24. The van der Waals surface area contributed by atoms with Crippen LogP contribution in [0.15, 0.2) is 11.6 Å². The van der Waals surface area contributed by atoms with Gasteiger partial charge in [0.2, 0.25) is 0 Å². The first-order chi connectivity index (χ1) is 12.4. The third-order valence-corrected chi connectivity index (χ3v) is 9.80. The molecule has 26 heavy (non-hydrogen) atoms. The zero-order valence-electron chi connectivity index (χ0n) is 16.1. The summed E-state index contributed by atoms with van der Waals surface area (Å²) in [6.07, 6.45) is 11.1. The van der Waals surface area contributed by atoms with Crippen LogP contribution >= 0.6 is 0 Å². The first-order valence-corrected chi connectivity index (χ1v) is 10.9. The molecule has 0 amide bonds. The van der Waals surface area contributed by atoms with Gasteiger partial charge < -0.3 is 10.1 Å². The molecule has 3 nitrogen and oxygen atoms in total. The average molecular weight is 354 g/mol. The number of nitrogens with one attached hydrogen (secondary N) is 1. The summed E-state index contributed by atoms with van der Waals surface area (Å²) in [6, 6.07) is 0. The number of carbonyl (C=O) groups excluding carboxylic acids is 1. The van der Waals surface area contributed by atoms with E-state index in [2.05, 4.69) is 19.9 Å². The Morgan fingerprint density at radius 2 is 2.04 bits per heavy atom. The molecule has 0 bridgehead atoms. The molecule has 5 aliphatic carbocycles. The molecule has 5 fully saturated rings. The summed E-state index contributed by atoms with van der Waals surface area (Å²) in [4.78, 5) is 12.1. The van der Waals surface area contributed by atoms with Gasteiger partial charge in [-0.1, -0.05) is 19.4 Å². The van der Waals surface area contributed by atoms with Gasteiger partial charge in [0.15, 0.2) is 0 Å². The van der Waals surface area contributed by atoms with Gasteiger partial charge in [-0.15, -0.1) is 0 Å². The molecule has 6 aliphatic rings. The molecule has 1 N–H and O–H groups in total. The zero-order valence-corrected chi connectivity index (χ0v) is 16.1. The first kappa shape index (κ1) is 15.9. The molecule has 0 radical (unpaired) electrons. The summed E-state index contributed by atoms with van der Waals surface area (Å²) in [5.41, 5.74) is 2.54. The molecule has 140 valence electrons. The zero-order chi connectivity index (χ0) is 17.8. The number of ether oxygens (including phenoxy) is 1. The SMILES string of the molecule is CC1CC2=CC(=N)CC[C@@H]2C2CC[C@@]3(C)C(C4CC4[C@@]34CCC(=O)O4)C12. The molecule has 3 heteroatoms. The fourth-order valence-corrected chi connectivity index (χ4v) is 8.95. The van der Waals surface area contributed by atoms with Crippen LogP contribution in [0.25, 0.3) is 0 Å². The van der Waals surface area contributed by atoms with Gasteiger partial charge in [0.05, 0.1) is 0 Å². The van der Waals surface area contributed by atoms with Crippen LogP contribution in [0.1, 0.15) is 65.2 Å². The summed E-state index contributed by atoms with van der Waals surface area (Å²) in [6.45, 7) is 4.97. The van der Waals surface area contributed by atoms with Crippen LogP contribution < -0.4 is 0 Å². The monoisotopic (exact) mass is 353 g/mol. The van der Waals surface area contributed by atoms with Crippen molar-refractivity contribution in [2.45, 2.75) is 70.8 Å². The normalized spacial score (nSPS) is 57.0. The van der Waals surface area contributed by atoms with E-state index in [-0.39, 0.29) is 17.0 Å². The number of carbonyl (C=O) groups is 1. The van der Waals surface area contributed by atoms with Crippen molar-refractivity contribution in [3.63, 3.8) is 0 Å². The molecule has 9 atom stereocenters. The number of allylic oxidation sites excluding steroid dienone is 2. The van der Waals surface area contributed by atoms with Gasteiger partial charge in [-0.2, -0.15) is 0 Å². The highest BCUT2D eigenvalue weighted by molar-refractivity contribution is 5.93. The molecule has 6 unspecified atom stereocenters. The lowest BCUT2D eigenvalue weighted by atomic mass is 9.47. The fourth-order valence-electron chi connectivity index (χ4n) is 8.95. The highest BCUT2D eigenvalue weighted by atomic mass is 16.6. The molecule has 0 aromatic rings. The molecule has 4 saturated carbocycles. The van der Waals surface area contributed by atoms with Crippen molar-refractivity contribution >= 4 is 11.7 Å². The van der Waals surface area contributed by atoms with Crippen LogP contribution in [0.4, 0.5) is 0 Å². The van der Waals surface area contributed by atoms with E-state index in [0.29, 0.717) is 18.3 Å². The van der Waals surface area contributed by atoms with E-state index in [4.69, 9.17) is 10.1 Å². The number of fused-ring (bicyclic) bond motifs is 9. The number of hydrogen-bond acceptors (Lipinski definition) is 3. The minimum absolute atomic E-state index is 0.0624. The van der Waals surface area contributed by atoms with Crippen LogP contribution in [-0.2, 0) is 9.53 Å². The Balaban J connectivity index is 1.40. The Kier molecular flexibility index (Phi) is 2.95. The van der Waals surface area contributed by atoms with Crippen LogP contribution in [-0.4, -0.2) is 17.3 Å². The van der Waals surface area contributed by atoms with Crippen LogP contribution in [0, 0.1) is 52.2 Å². The van der Waals surface area contributed by atoms with Crippen LogP contribution in [0.5, 0.6) is 0 Å². The predicted octanol–water partition coefficient (Wildman–Crippen LogP) is 4.76. The lowest BCUT2D eigenvalue weighted by molar-refractivity contribution is -0.176. The topological polar surface area (TPSA) is 50.2 Å². The standard InChI is InChI=1S/C23H31NO2/c1-12-9-13-10-14(24)3-4-15(13)16-5-7-22(2)21(20(12)16)17-11-18(17)23(22)8-6-19(25)26-23/h10,12,15-18,20-21,24H,3-9,11H2,1-2H3/t12?,15-,16?,17?,18?,20?,21?,22-,23-/m0/s1. The van der Waals surface area contributed by atoms with Gasteiger partial charge in [0.1, 0.15) is 5.60 Å². The van der Waals surface area contributed by atoms with Crippen molar-refractivity contribution < 1.29 is 9.53 Å². The second-order valence-electron chi connectivity index (χ2n) is 10.7. The van der Waals surface area contributed by atoms with Gasteiger partial charge in [0.25, 0.3) is 0 Å².